The standard InChI is InChI=1S/C12H21NO2/c1-9(15)13-6-11(7-13)12(8-14)10-4-2-3-5-10/h10-12,14H,2-8H2,1H3. The van der Waals surface area contributed by atoms with Crippen molar-refractivity contribution in [3.63, 3.8) is 0 Å². The van der Waals surface area contributed by atoms with Gasteiger partial charge < -0.3 is 10.0 Å². The van der Waals surface area contributed by atoms with Crippen LogP contribution in [0.4, 0.5) is 0 Å². The molecule has 0 aromatic heterocycles. The molecule has 15 heavy (non-hydrogen) atoms. The van der Waals surface area contributed by atoms with Crippen LogP contribution < -0.4 is 0 Å². The molecule has 3 nitrogen and oxygen atoms in total. The first-order valence-corrected chi connectivity index (χ1v) is 6.08. The third-order valence-electron chi connectivity index (χ3n) is 4.18. The third kappa shape index (κ3) is 2.17. The lowest BCUT2D eigenvalue weighted by Gasteiger charge is -2.44. The molecule has 0 spiro atoms. The minimum absolute atomic E-state index is 0.175. The molecular formula is C12H21NO2. The summed E-state index contributed by atoms with van der Waals surface area (Å²) in [7, 11) is 0. The molecule has 3 heteroatoms. The minimum atomic E-state index is 0.175. The van der Waals surface area contributed by atoms with Gasteiger partial charge in [-0.05, 0) is 17.8 Å². The van der Waals surface area contributed by atoms with Gasteiger partial charge in [-0.2, -0.15) is 0 Å². The molecular weight excluding hydrogens is 190 g/mol. The molecule has 1 saturated carbocycles. The molecule has 1 amide bonds. The summed E-state index contributed by atoms with van der Waals surface area (Å²) < 4.78 is 0. The Kier molecular flexibility index (Phi) is 3.29. The molecule has 1 N–H and O–H groups in total. The SMILES string of the molecule is CC(=O)N1CC(C(CO)C2CCCC2)C1. The molecule has 1 saturated heterocycles. The lowest BCUT2D eigenvalue weighted by atomic mass is 9.77. The van der Waals surface area contributed by atoms with Gasteiger partial charge in [-0.15, -0.1) is 0 Å². The van der Waals surface area contributed by atoms with Gasteiger partial charge in [-0.1, -0.05) is 25.7 Å². The van der Waals surface area contributed by atoms with E-state index < -0.39 is 0 Å². The number of carbonyl (C=O) groups excluding carboxylic acids is 1. The number of amides is 1. The van der Waals surface area contributed by atoms with Crippen LogP contribution in [0.1, 0.15) is 32.6 Å². The fourth-order valence-electron chi connectivity index (χ4n) is 3.11. The van der Waals surface area contributed by atoms with Crippen LogP contribution in [0, 0.1) is 17.8 Å². The average molecular weight is 211 g/mol. The number of aliphatic hydroxyl groups is 1. The number of carbonyl (C=O) groups is 1. The van der Waals surface area contributed by atoms with E-state index in [9.17, 15) is 9.90 Å². The predicted molar refractivity (Wildman–Crippen MR) is 58.3 cm³/mol. The molecule has 1 aliphatic carbocycles. The van der Waals surface area contributed by atoms with Crippen molar-refractivity contribution in [1.82, 2.24) is 4.90 Å². The Morgan fingerprint density at radius 3 is 2.40 bits per heavy atom. The van der Waals surface area contributed by atoms with Crippen molar-refractivity contribution in [1.29, 1.82) is 0 Å². The second kappa shape index (κ2) is 4.52. The molecule has 0 bridgehead atoms. The van der Waals surface area contributed by atoms with Crippen LogP contribution in [0.3, 0.4) is 0 Å². The first-order chi connectivity index (χ1) is 7.22. The zero-order chi connectivity index (χ0) is 10.8. The largest absolute Gasteiger partial charge is 0.396 e. The maximum absolute atomic E-state index is 11.1. The van der Waals surface area contributed by atoms with Gasteiger partial charge >= 0.3 is 0 Å². The Bertz CT molecular complexity index is 230. The highest BCUT2D eigenvalue weighted by molar-refractivity contribution is 5.74. The van der Waals surface area contributed by atoms with Crippen LogP contribution in [0.5, 0.6) is 0 Å². The molecule has 1 atom stereocenters. The summed E-state index contributed by atoms with van der Waals surface area (Å²) in [5.41, 5.74) is 0. The number of hydrogen-bond acceptors (Lipinski definition) is 2. The summed E-state index contributed by atoms with van der Waals surface area (Å²) in [4.78, 5) is 12.9. The zero-order valence-electron chi connectivity index (χ0n) is 9.48. The van der Waals surface area contributed by atoms with Gasteiger partial charge in [0.05, 0.1) is 0 Å². The maximum atomic E-state index is 11.1. The van der Waals surface area contributed by atoms with E-state index in [1.54, 1.807) is 6.92 Å². The van der Waals surface area contributed by atoms with Crippen molar-refractivity contribution in [2.24, 2.45) is 17.8 Å². The highest BCUT2D eigenvalue weighted by atomic mass is 16.3. The normalized spacial score (nSPS) is 25.3. The molecule has 0 radical (unpaired) electrons. The Balaban J connectivity index is 1.84. The highest BCUT2D eigenvalue weighted by Crippen LogP contribution is 2.38. The predicted octanol–water partition coefficient (Wildman–Crippen LogP) is 1.26. The molecule has 2 fully saturated rings. The Morgan fingerprint density at radius 1 is 1.33 bits per heavy atom. The van der Waals surface area contributed by atoms with Gasteiger partial charge in [-0.3, -0.25) is 4.79 Å². The summed E-state index contributed by atoms with van der Waals surface area (Å²) in [6, 6.07) is 0. The minimum Gasteiger partial charge on any atom is -0.396 e. The monoisotopic (exact) mass is 211 g/mol. The topological polar surface area (TPSA) is 40.5 Å². The van der Waals surface area contributed by atoms with Crippen LogP contribution in [0.15, 0.2) is 0 Å². The Labute approximate surface area is 91.5 Å². The summed E-state index contributed by atoms with van der Waals surface area (Å²) in [6.07, 6.45) is 5.21. The van der Waals surface area contributed by atoms with Gasteiger partial charge in [0.2, 0.25) is 5.91 Å². The first kappa shape index (κ1) is 10.9. The number of hydrogen-bond donors (Lipinski definition) is 1. The lowest BCUT2D eigenvalue weighted by Crippen LogP contribution is -2.53. The van der Waals surface area contributed by atoms with E-state index in [4.69, 9.17) is 0 Å². The van der Waals surface area contributed by atoms with E-state index in [-0.39, 0.29) is 5.91 Å². The molecule has 2 rings (SSSR count). The molecule has 86 valence electrons. The summed E-state index contributed by atoms with van der Waals surface area (Å²) in [5.74, 6) is 1.90. The van der Waals surface area contributed by atoms with Gasteiger partial charge in [0.15, 0.2) is 0 Å². The van der Waals surface area contributed by atoms with E-state index in [2.05, 4.69) is 0 Å². The van der Waals surface area contributed by atoms with E-state index in [1.165, 1.54) is 25.7 Å². The first-order valence-electron chi connectivity index (χ1n) is 6.08. The zero-order valence-corrected chi connectivity index (χ0v) is 9.48. The van der Waals surface area contributed by atoms with Crippen molar-refractivity contribution in [3.05, 3.63) is 0 Å². The Morgan fingerprint density at radius 2 is 1.93 bits per heavy atom. The van der Waals surface area contributed by atoms with E-state index in [0.29, 0.717) is 24.4 Å². The summed E-state index contributed by atoms with van der Waals surface area (Å²) >= 11 is 0. The van der Waals surface area contributed by atoms with Gasteiger partial charge in [0.25, 0.3) is 0 Å². The fraction of sp³-hybridized carbons (Fsp3) is 0.917. The maximum Gasteiger partial charge on any atom is 0.219 e. The molecule has 2 aliphatic rings. The van der Waals surface area contributed by atoms with Crippen molar-refractivity contribution in [3.8, 4) is 0 Å². The summed E-state index contributed by atoms with van der Waals surface area (Å²) in [5, 5.41) is 9.44. The average Bonchev–Trinajstić information content (AvgIpc) is 2.61. The summed E-state index contributed by atoms with van der Waals surface area (Å²) in [6.45, 7) is 3.68. The second-order valence-corrected chi connectivity index (χ2v) is 5.08. The van der Waals surface area contributed by atoms with E-state index in [1.807, 2.05) is 4.90 Å². The van der Waals surface area contributed by atoms with Crippen molar-refractivity contribution >= 4 is 5.91 Å². The smallest absolute Gasteiger partial charge is 0.219 e. The van der Waals surface area contributed by atoms with Crippen molar-refractivity contribution in [2.45, 2.75) is 32.6 Å². The molecule has 1 unspecified atom stereocenters. The molecule has 1 aliphatic heterocycles. The van der Waals surface area contributed by atoms with Crippen molar-refractivity contribution in [2.75, 3.05) is 19.7 Å². The van der Waals surface area contributed by atoms with Crippen LogP contribution in [0.2, 0.25) is 0 Å². The molecule has 0 aromatic rings. The van der Waals surface area contributed by atoms with E-state index in [0.717, 1.165) is 13.1 Å². The van der Waals surface area contributed by atoms with Gasteiger partial charge in [0, 0.05) is 26.6 Å². The van der Waals surface area contributed by atoms with Gasteiger partial charge in [0.1, 0.15) is 0 Å². The molecule has 0 aromatic carbocycles. The number of likely N-dealkylation sites (tertiary alicyclic amines) is 1. The number of rotatable bonds is 3. The lowest BCUT2D eigenvalue weighted by molar-refractivity contribution is -0.137. The Hall–Kier alpha value is -0.570. The van der Waals surface area contributed by atoms with E-state index >= 15 is 0 Å². The number of nitrogens with zero attached hydrogens (tertiary/aromatic N) is 1. The quantitative estimate of drug-likeness (QED) is 0.763. The van der Waals surface area contributed by atoms with Crippen LogP contribution >= 0.6 is 0 Å². The second-order valence-electron chi connectivity index (χ2n) is 5.08. The number of aliphatic hydroxyl groups excluding tert-OH is 1. The fourth-order valence-corrected chi connectivity index (χ4v) is 3.11. The van der Waals surface area contributed by atoms with Crippen LogP contribution in [-0.4, -0.2) is 35.6 Å². The highest BCUT2D eigenvalue weighted by Gasteiger charge is 2.38. The van der Waals surface area contributed by atoms with Crippen molar-refractivity contribution < 1.29 is 9.90 Å². The molecule has 1 heterocycles. The van der Waals surface area contributed by atoms with Gasteiger partial charge in [-0.25, -0.2) is 0 Å². The third-order valence-corrected chi connectivity index (χ3v) is 4.18. The van der Waals surface area contributed by atoms with Crippen LogP contribution in [0.25, 0.3) is 0 Å². The van der Waals surface area contributed by atoms with Crippen LogP contribution in [-0.2, 0) is 4.79 Å².